The van der Waals surface area contributed by atoms with E-state index in [1.165, 1.54) is 22.5 Å². The van der Waals surface area contributed by atoms with Gasteiger partial charge in [-0.2, -0.15) is 5.10 Å². The topological polar surface area (TPSA) is 62.6 Å². The van der Waals surface area contributed by atoms with Crippen molar-refractivity contribution in [3.8, 4) is 27.8 Å². The highest BCUT2D eigenvalue weighted by Gasteiger charge is 2.32. The fourth-order valence-corrected chi connectivity index (χ4v) is 5.03. The molecule has 3 aromatic rings. The Kier molecular flexibility index (Phi) is 4.12. The second kappa shape index (κ2) is 6.67. The van der Waals surface area contributed by atoms with Crippen LogP contribution >= 0.6 is 11.3 Å². The summed E-state index contributed by atoms with van der Waals surface area (Å²) in [6.07, 6.45) is 4.45. The number of rotatable bonds is 4. The monoisotopic (exact) mass is 396 g/mol. The number of aryl methyl sites for hydroxylation is 2. The largest absolute Gasteiger partial charge is 0.493 e. The van der Waals surface area contributed by atoms with Crippen LogP contribution in [0.1, 0.15) is 33.3 Å². The number of esters is 1. The number of hydrogen-bond acceptors (Lipinski definition) is 6. The molecule has 0 atom stereocenters. The van der Waals surface area contributed by atoms with Gasteiger partial charge < -0.3 is 14.2 Å². The Balaban J connectivity index is 1.61. The molecule has 6 nitrogen and oxygen atoms in total. The van der Waals surface area contributed by atoms with Gasteiger partial charge in [0.05, 0.1) is 30.7 Å². The standard InChI is InChI=1S/C21H20N2O4S/c1-3-25-20(24)19-15-7-5-13-11-22-23(2)18(13)17(15)21(28-19)27-14-6-4-12-8-9-26-16(12)10-14/h4,6,10-11H,3,5,7-9H2,1-2H3. The van der Waals surface area contributed by atoms with Crippen LogP contribution in [-0.2, 0) is 31.0 Å². The van der Waals surface area contributed by atoms with E-state index in [-0.39, 0.29) is 5.97 Å². The summed E-state index contributed by atoms with van der Waals surface area (Å²) in [6, 6.07) is 5.92. The average molecular weight is 396 g/mol. The maximum atomic E-state index is 12.6. The second-order valence-corrected chi connectivity index (χ2v) is 7.89. The van der Waals surface area contributed by atoms with Gasteiger partial charge in [0.25, 0.3) is 0 Å². The van der Waals surface area contributed by atoms with Crippen molar-refractivity contribution in [2.75, 3.05) is 13.2 Å². The summed E-state index contributed by atoms with van der Waals surface area (Å²) in [5.41, 5.74) is 5.33. The van der Waals surface area contributed by atoms with Crippen LogP contribution in [0.3, 0.4) is 0 Å². The van der Waals surface area contributed by atoms with Gasteiger partial charge in [-0.1, -0.05) is 17.4 Å². The third-order valence-electron chi connectivity index (χ3n) is 5.21. The molecule has 1 aliphatic heterocycles. The Morgan fingerprint density at radius 3 is 3.04 bits per heavy atom. The van der Waals surface area contributed by atoms with Gasteiger partial charge >= 0.3 is 5.97 Å². The van der Waals surface area contributed by atoms with Crippen molar-refractivity contribution in [1.29, 1.82) is 0 Å². The molecule has 0 unspecified atom stereocenters. The zero-order valence-corrected chi connectivity index (χ0v) is 16.6. The number of nitrogens with zero attached hydrogens (tertiary/aromatic N) is 2. The van der Waals surface area contributed by atoms with Gasteiger partial charge in [-0.05, 0) is 42.5 Å². The van der Waals surface area contributed by atoms with Crippen molar-refractivity contribution >= 4 is 17.3 Å². The molecule has 7 heteroatoms. The summed E-state index contributed by atoms with van der Waals surface area (Å²) in [5, 5.41) is 5.11. The third-order valence-corrected chi connectivity index (χ3v) is 6.30. The molecule has 0 saturated carbocycles. The van der Waals surface area contributed by atoms with Crippen LogP contribution < -0.4 is 9.47 Å². The van der Waals surface area contributed by atoms with E-state index in [2.05, 4.69) is 5.10 Å². The highest BCUT2D eigenvalue weighted by atomic mass is 32.1. The molecule has 0 radical (unpaired) electrons. The van der Waals surface area contributed by atoms with Crippen LogP contribution in [0.2, 0.25) is 0 Å². The Morgan fingerprint density at radius 1 is 1.29 bits per heavy atom. The van der Waals surface area contributed by atoms with Gasteiger partial charge in [0.2, 0.25) is 0 Å². The van der Waals surface area contributed by atoms with E-state index in [0.717, 1.165) is 41.8 Å². The maximum absolute atomic E-state index is 12.6. The lowest BCUT2D eigenvalue weighted by Crippen LogP contribution is -2.10. The van der Waals surface area contributed by atoms with E-state index < -0.39 is 0 Å². The van der Waals surface area contributed by atoms with E-state index in [9.17, 15) is 4.79 Å². The average Bonchev–Trinajstić information content (AvgIpc) is 3.39. The zero-order valence-electron chi connectivity index (χ0n) is 15.8. The van der Waals surface area contributed by atoms with Gasteiger partial charge in [0.15, 0.2) is 5.06 Å². The van der Waals surface area contributed by atoms with Crippen LogP contribution in [-0.4, -0.2) is 29.0 Å². The molecule has 2 aromatic heterocycles. The smallest absolute Gasteiger partial charge is 0.348 e. The number of fused-ring (bicyclic) bond motifs is 4. The van der Waals surface area contributed by atoms with Crippen molar-refractivity contribution < 1.29 is 19.0 Å². The van der Waals surface area contributed by atoms with Crippen LogP contribution in [0.4, 0.5) is 0 Å². The number of hydrogen-bond donors (Lipinski definition) is 0. The number of carbonyl (C=O) groups excluding carboxylic acids is 1. The quantitative estimate of drug-likeness (QED) is 0.620. The molecule has 1 aromatic carbocycles. The Bertz CT molecular complexity index is 1080. The van der Waals surface area contributed by atoms with Crippen LogP contribution in [0.15, 0.2) is 24.4 Å². The lowest BCUT2D eigenvalue weighted by molar-refractivity contribution is 0.0531. The number of benzene rings is 1. The normalized spacial score (nSPS) is 14.1. The lowest BCUT2D eigenvalue weighted by Gasteiger charge is -2.16. The van der Waals surface area contributed by atoms with Gasteiger partial charge in [-0.3, -0.25) is 4.68 Å². The van der Waals surface area contributed by atoms with Crippen molar-refractivity contribution in [3.63, 3.8) is 0 Å². The number of ether oxygens (including phenoxy) is 3. The summed E-state index contributed by atoms with van der Waals surface area (Å²) in [6.45, 7) is 2.87. The SMILES string of the molecule is CCOC(=O)c1sc(Oc2ccc3c(c2)OCC3)c2c1CCc1cnn(C)c1-2. The Labute approximate surface area is 166 Å². The molecule has 1 aliphatic carbocycles. The second-order valence-electron chi connectivity index (χ2n) is 6.90. The van der Waals surface area contributed by atoms with Crippen molar-refractivity contribution in [1.82, 2.24) is 9.78 Å². The van der Waals surface area contributed by atoms with Gasteiger partial charge in [-0.25, -0.2) is 4.79 Å². The molecule has 0 saturated heterocycles. The molecular weight excluding hydrogens is 376 g/mol. The molecule has 144 valence electrons. The van der Waals surface area contributed by atoms with E-state index >= 15 is 0 Å². The minimum absolute atomic E-state index is 0.290. The first-order valence-electron chi connectivity index (χ1n) is 9.43. The van der Waals surface area contributed by atoms with Crippen LogP contribution in [0, 0.1) is 0 Å². The number of thiophene rings is 1. The van der Waals surface area contributed by atoms with E-state index in [1.807, 2.05) is 43.0 Å². The number of aromatic nitrogens is 2. The van der Waals surface area contributed by atoms with Crippen LogP contribution in [0.25, 0.3) is 11.3 Å². The van der Waals surface area contributed by atoms with E-state index in [1.54, 1.807) is 0 Å². The molecule has 0 amide bonds. The maximum Gasteiger partial charge on any atom is 0.348 e. The predicted octanol–water partition coefficient (Wildman–Crippen LogP) is 4.15. The molecule has 3 heterocycles. The first-order chi connectivity index (χ1) is 13.7. The fraction of sp³-hybridized carbons (Fsp3) is 0.333. The van der Waals surface area contributed by atoms with Gasteiger partial charge in [0, 0.05) is 19.5 Å². The molecule has 0 bridgehead atoms. The van der Waals surface area contributed by atoms with Gasteiger partial charge in [0.1, 0.15) is 16.4 Å². The highest BCUT2D eigenvalue weighted by molar-refractivity contribution is 7.16. The molecule has 0 spiro atoms. The van der Waals surface area contributed by atoms with E-state index in [4.69, 9.17) is 14.2 Å². The Hall–Kier alpha value is -2.80. The van der Waals surface area contributed by atoms with E-state index in [0.29, 0.717) is 28.9 Å². The summed E-state index contributed by atoms with van der Waals surface area (Å²) < 4.78 is 19.1. The minimum Gasteiger partial charge on any atom is -0.493 e. The first kappa shape index (κ1) is 17.3. The Morgan fingerprint density at radius 2 is 2.18 bits per heavy atom. The van der Waals surface area contributed by atoms with Crippen molar-refractivity contribution in [2.45, 2.75) is 26.2 Å². The first-order valence-corrected chi connectivity index (χ1v) is 10.2. The third kappa shape index (κ3) is 2.69. The zero-order chi connectivity index (χ0) is 19.3. The summed E-state index contributed by atoms with van der Waals surface area (Å²) in [4.78, 5) is 13.2. The molecule has 5 rings (SSSR count). The molecule has 0 N–H and O–H groups in total. The highest BCUT2D eigenvalue weighted by Crippen LogP contribution is 2.49. The predicted molar refractivity (Wildman–Crippen MR) is 106 cm³/mol. The van der Waals surface area contributed by atoms with Crippen molar-refractivity contribution in [2.24, 2.45) is 7.05 Å². The van der Waals surface area contributed by atoms with Gasteiger partial charge in [-0.15, -0.1) is 0 Å². The van der Waals surface area contributed by atoms with Crippen molar-refractivity contribution in [3.05, 3.63) is 46.0 Å². The summed E-state index contributed by atoms with van der Waals surface area (Å²) in [5.74, 6) is 1.28. The lowest BCUT2D eigenvalue weighted by atomic mass is 9.91. The summed E-state index contributed by atoms with van der Waals surface area (Å²) >= 11 is 1.35. The molecule has 28 heavy (non-hydrogen) atoms. The molecule has 0 fully saturated rings. The fourth-order valence-electron chi connectivity index (χ4n) is 3.92. The molecular formula is C21H20N2O4S. The minimum atomic E-state index is -0.290. The number of carbonyl (C=O) groups is 1. The molecule has 2 aliphatic rings. The summed E-state index contributed by atoms with van der Waals surface area (Å²) in [7, 11) is 1.92. The van der Waals surface area contributed by atoms with Crippen LogP contribution in [0.5, 0.6) is 16.6 Å².